The summed E-state index contributed by atoms with van der Waals surface area (Å²) >= 11 is 1.41. The van der Waals surface area contributed by atoms with E-state index >= 15 is 0 Å². The van der Waals surface area contributed by atoms with E-state index in [0.29, 0.717) is 24.1 Å². The van der Waals surface area contributed by atoms with E-state index in [1.165, 1.54) is 23.9 Å². The fourth-order valence-electron chi connectivity index (χ4n) is 3.79. The second kappa shape index (κ2) is 9.51. The van der Waals surface area contributed by atoms with Gasteiger partial charge in [0.1, 0.15) is 11.1 Å². The van der Waals surface area contributed by atoms with E-state index in [9.17, 15) is 9.18 Å². The number of halogens is 1. The fourth-order valence-corrected chi connectivity index (χ4v) is 4.95. The lowest BCUT2D eigenvalue weighted by atomic mass is 10.0. The number of nitrogens with zero attached hydrogens (tertiary/aromatic N) is 4. The summed E-state index contributed by atoms with van der Waals surface area (Å²) in [6.07, 6.45) is 1.79. The second-order valence-corrected chi connectivity index (χ2v) is 8.64. The molecular formula is C23H26FN5OS. The van der Waals surface area contributed by atoms with Crippen LogP contribution in [-0.2, 0) is 4.79 Å². The van der Waals surface area contributed by atoms with E-state index in [-0.39, 0.29) is 17.8 Å². The first-order chi connectivity index (χ1) is 15.1. The highest BCUT2D eigenvalue weighted by molar-refractivity contribution is 8.00. The van der Waals surface area contributed by atoms with Gasteiger partial charge in [-0.2, -0.15) is 0 Å². The molecule has 31 heavy (non-hydrogen) atoms. The van der Waals surface area contributed by atoms with Crippen molar-refractivity contribution in [2.75, 3.05) is 18.5 Å². The molecule has 162 valence electrons. The van der Waals surface area contributed by atoms with Gasteiger partial charge >= 0.3 is 0 Å². The van der Waals surface area contributed by atoms with Gasteiger partial charge in [-0.3, -0.25) is 4.79 Å². The van der Waals surface area contributed by atoms with E-state index in [1.807, 2.05) is 39.9 Å². The predicted molar refractivity (Wildman–Crippen MR) is 121 cm³/mol. The van der Waals surface area contributed by atoms with Gasteiger partial charge in [-0.25, -0.2) is 9.07 Å². The van der Waals surface area contributed by atoms with Gasteiger partial charge in [-0.15, -0.1) is 10.2 Å². The van der Waals surface area contributed by atoms with Crippen LogP contribution in [0.3, 0.4) is 0 Å². The molecule has 0 bridgehead atoms. The number of rotatable bonds is 7. The number of thioether (sulfide) groups is 1. The van der Waals surface area contributed by atoms with Gasteiger partial charge in [0.05, 0.1) is 6.04 Å². The molecule has 0 radical (unpaired) electrons. The third-order valence-electron chi connectivity index (χ3n) is 5.24. The Morgan fingerprint density at radius 3 is 2.39 bits per heavy atom. The molecule has 0 unspecified atom stereocenters. The minimum Gasteiger partial charge on any atom is -0.342 e. The van der Waals surface area contributed by atoms with Crippen LogP contribution in [0.5, 0.6) is 0 Å². The first-order valence-corrected chi connectivity index (χ1v) is 11.5. The second-order valence-electron chi connectivity index (χ2n) is 7.53. The Hall–Kier alpha value is -2.87. The van der Waals surface area contributed by atoms with Crippen molar-refractivity contribution in [1.82, 2.24) is 19.8 Å². The number of fused-ring (bicyclic) bond motifs is 1. The van der Waals surface area contributed by atoms with Crippen LogP contribution in [0.25, 0.3) is 11.4 Å². The molecule has 4 rings (SSSR count). The molecule has 0 spiro atoms. The Labute approximate surface area is 185 Å². The van der Waals surface area contributed by atoms with Crippen LogP contribution in [-0.4, -0.2) is 44.0 Å². The summed E-state index contributed by atoms with van der Waals surface area (Å²) in [5.41, 5.74) is 5.22. The molecule has 0 saturated heterocycles. The number of benzene rings is 2. The summed E-state index contributed by atoms with van der Waals surface area (Å²) in [6.45, 7) is 5.56. The summed E-state index contributed by atoms with van der Waals surface area (Å²) in [6, 6.07) is 15.8. The molecule has 2 atom stereocenters. The highest BCUT2D eigenvalue weighted by atomic mass is 32.2. The van der Waals surface area contributed by atoms with Gasteiger partial charge in [-0.1, -0.05) is 68.1 Å². The lowest BCUT2D eigenvalue weighted by molar-refractivity contribution is -0.131. The van der Waals surface area contributed by atoms with Crippen LogP contribution in [0, 0.1) is 5.82 Å². The molecule has 2 aromatic carbocycles. The maximum absolute atomic E-state index is 13.6. The molecule has 0 saturated carbocycles. The molecule has 0 aliphatic carbocycles. The average Bonchev–Trinajstić information content (AvgIpc) is 3.22. The molecule has 3 aromatic rings. The maximum atomic E-state index is 13.6. The molecular weight excluding hydrogens is 413 g/mol. The summed E-state index contributed by atoms with van der Waals surface area (Å²) in [5.74, 6) is 0.440. The molecule has 0 fully saturated rings. The highest BCUT2D eigenvalue weighted by Gasteiger charge is 2.39. The van der Waals surface area contributed by atoms with Crippen molar-refractivity contribution in [2.24, 2.45) is 0 Å². The van der Waals surface area contributed by atoms with E-state index in [1.54, 1.807) is 12.1 Å². The van der Waals surface area contributed by atoms with Crippen molar-refractivity contribution in [2.45, 2.75) is 43.1 Å². The van der Waals surface area contributed by atoms with Crippen LogP contribution >= 0.6 is 11.8 Å². The molecule has 1 aliphatic heterocycles. The maximum Gasteiger partial charge on any atom is 0.238 e. The highest BCUT2D eigenvalue weighted by Crippen LogP contribution is 2.39. The van der Waals surface area contributed by atoms with Crippen LogP contribution in [0.15, 0.2) is 59.8 Å². The fraction of sp³-hybridized carbons (Fsp3) is 0.348. The minimum absolute atomic E-state index is 0.0611. The Bertz CT molecular complexity index is 1020. The topological polar surface area (TPSA) is 63.1 Å². The standard InChI is InChI=1S/C23H26FN5OS/c1-3-14-28(15-4-2)22(30)20-19(16-10-12-18(24)13-11-16)27-29-21(25-26-23(29)31-20)17-8-6-5-7-9-17/h5-13,19-20,27H,3-4,14-15H2,1-2H3/t19-,20-/m0/s1. The zero-order chi connectivity index (χ0) is 21.8. The Morgan fingerprint density at radius 2 is 1.74 bits per heavy atom. The number of carbonyl (C=O) groups is 1. The van der Waals surface area contributed by atoms with Gasteiger partial charge in [0.25, 0.3) is 0 Å². The number of aromatic nitrogens is 3. The molecule has 6 nitrogen and oxygen atoms in total. The van der Waals surface area contributed by atoms with Crippen molar-refractivity contribution >= 4 is 17.7 Å². The molecule has 1 N–H and O–H groups in total. The van der Waals surface area contributed by atoms with E-state index in [2.05, 4.69) is 29.5 Å². The SMILES string of the molecule is CCCN(CCC)C(=O)[C@H]1Sc2nnc(-c3ccccc3)n2N[C@H]1c1ccc(F)cc1. The van der Waals surface area contributed by atoms with Gasteiger partial charge in [0, 0.05) is 18.7 Å². The molecule has 1 amide bonds. The zero-order valence-electron chi connectivity index (χ0n) is 17.7. The number of hydrogen-bond donors (Lipinski definition) is 1. The molecule has 1 aromatic heterocycles. The van der Waals surface area contributed by atoms with Gasteiger partial charge in [0.2, 0.25) is 11.1 Å². The van der Waals surface area contributed by atoms with Crippen molar-refractivity contribution in [1.29, 1.82) is 0 Å². The third-order valence-corrected chi connectivity index (χ3v) is 6.44. The largest absolute Gasteiger partial charge is 0.342 e. The lowest BCUT2D eigenvalue weighted by Crippen LogP contribution is -2.46. The molecule has 8 heteroatoms. The molecule has 1 aliphatic rings. The van der Waals surface area contributed by atoms with Gasteiger partial charge in [-0.05, 0) is 30.5 Å². The van der Waals surface area contributed by atoms with E-state index in [4.69, 9.17) is 0 Å². The van der Waals surface area contributed by atoms with Gasteiger partial charge < -0.3 is 10.3 Å². The Morgan fingerprint density at radius 1 is 1.06 bits per heavy atom. The summed E-state index contributed by atoms with van der Waals surface area (Å²) in [4.78, 5) is 15.5. The predicted octanol–water partition coefficient (Wildman–Crippen LogP) is 4.49. The third kappa shape index (κ3) is 4.44. The van der Waals surface area contributed by atoms with Crippen molar-refractivity contribution in [3.05, 3.63) is 66.0 Å². The zero-order valence-corrected chi connectivity index (χ0v) is 18.5. The Balaban J connectivity index is 1.73. The number of amides is 1. The summed E-state index contributed by atoms with van der Waals surface area (Å²) in [7, 11) is 0. The lowest BCUT2D eigenvalue weighted by Gasteiger charge is -2.36. The van der Waals surface area contributed by atoms with E-state index < -0.39 is 5.25 Å². The number of hydrogen-bond acceptors (Lipinski definition) is 5. The van der Waals surface area contributed by atoms with Gasteiger partial charge in [0.15, 0.2) is 5.82 Å². The first kappa shape index (κ1) is 21.4. The normalized spacial score (nSPS) is 17.6. The first-order valence-electron chi connectivity index (χ1n) is 10.6. The number of nitrogens with one attached hydrogen (secondary N) is 1. The summed E-state index contributed by atoms with van der Waals surface area (Å²) < 4.78 is 15.4. The summed E-state index contributed by atoms with van der Waals surface area (Å²) in [5, 5.41) is 8.92. The van der Waals surface area contributed by atoms with Crippen LogP contribution in [0.1, 0.15) is 38.3 Å². The van der Waals surface area contributed by atoms with E-state index in [0.717, 1.165) is 24.0 Å². The monoisotopic (exact) mass is 439 g/mol. The molecule has 2 heterocycles. The number of carbonyl (C=O) groups excluding carboxylic acids is 1. The van der Waals surface area contributed by atoms with Crippen LogP contribution in [0.2, 0.25) is 0 Å². The average molecular weight is 440 g/mol. The quantitative estimate of drug-likeness (QED) is 0.588. The van der Waals surface area contributed by atoms with Crippen LogP contribution < -0.4 is 5.43 Å². The van der Waals surface area contributed by atoms with Crippen molar-refractivity contribution in [3.8, 4) is 11.4 Å². The minimum atomic E-state index is -0.427. The van der Waals surface area contributed by atoms with Crippen LogP contribution in [0.4, 0.5) is 4.39 Å². The smallest absolute Gasteiger partial charge is 0.238 e. The Kier molecular flexibility index (Phi) is 6.56. The van der Waals surface area contributed by atoms with Crippen molar-refractivity contribution in [3.63, 3.8) is 0 Å². The van der Waals surface area contributed by atoms with Crippen molar-refractivity contribution < 1.29 is 9.18 Å².